The van der Waals surface area contributed by atoms with E-state index in [2.05, 4.69) is 10.3 Å². The van der Waals surface area contributed by atoms with Gasteiger partial charge in [0.05, 0.1) is 19.3 Å². The quantitative estimate of drug-likeness (QED) is 0.769. The molecule has 0 spiro atoms. The first-order valence-corrected chi connectivity index (χ1v) is 8.40. The van der Waals surface area contributed by atoms with Gasteiger partial charge >= 0.3 is 0 Å². The lowest BCUT2D eigenvalue weighted by Gasteiger charge is -2.19. The molecule has 3 N–H and O–H groups in total. The molecule has 7 nitrogen and oxygen atoms in total. The number of carbonyl (C=O) groups is 2. The monoisotopic (exact) mass is 355 g/mol. The van der Waals surface area contributed by atoms with Gasteiger partial charge in [-0.15, -0.1) is 0 Å². The van der Waals surface area contributed by atoms with E-state index >= 15 is 0 Å². The predicted molar refractivity (Wildman–Crippen MR) is 94.6 cm³/mol. The molecule has 0 unspecified atom stereocenters. The van der Waals surface area contributed by atoms with Crippen molar-refractivity contribution in [3.8, 4) is 5.75 Å². The predicted octanol–water partition coefficient (Wildman–Crippen LogP) is 0.933. The van der Waals surface area contributed by atoms with Crippen molar-refractivity contribution in [2.45, 2.75) is 12.5 Å². The zero-order valence-electron chi connectivity index (χ0n) is 14.3. The number of nitrogens with one attached hydrogen (secondary N) is 1. The number of hydrogen-bond acceptors (Lipinski definition) is 5. The van der Waals surface area contributed by atoms with Crippen LogP contribution in [0.4, 0.5) is 0 Å². The average Bonchev–Trinajstić information content (AvgIpc) is 3.07. The number of pyridine rings is 1. The van der Waals surface area contributed by atoms with Crippen LogP contribution in [0.3, 0.4) is 0 Å². The van der Waals surface area contributed by atoms with E-state index in [1.807, 2.05) is 12.1 Å². The van der Waals surface area contributed by atoms with Crippen molar-refractivity contribution in [1.29, 1.82) is 0 Å². The molecular weight excluding hydrogens is 334 g/mol. The van der Waals surface area contributed by atoms with Crippen molar-refractivity contribution in [1.82, 2.24) is 10.3 Å². The molecule has 1 fully saturated rings. The van der Waals surface area contributed by atoms with Gasteiger partial charge in [0.15, 0.2) is 6.61 Å². The molecule has 26 heavy (non-hydrogen) atoms. The fourth-order valence-electron chi connectivity index (χ4n) is 2.91. The van der Waals surface area contributed by atoms with Crippen molar-refractivity contribution >= 4 is 11.8 Å². The van der Waals surface area contributed by atoms with E-state index in [0.717, 1.165) is 12.0 Å². The van der Waals surface area contributed by atoms with Crippen LogP contribution in [0.5, 0.6) is 5.75 Å². The molecule has 7 heteroatoms. The molecule has 1 aliphatic heterocycles. The number of nitrogens with zero attached hydrogens (tertiary/aromatic N) is 1. The molecular formula is C19H21N3O4. The summed E-state index contributed by atoms with van der Waals surface area (Å²) in [6, 6.07) is 10.5. The molecule has 1 aromatic carbocycles. The number of nitrogens with two attached hydrogens (primary N) is 1. The maximum atomic E-state index is 12.6. The first kappa shape index (κ1) is 17.9. The molecule has 3 rings (SSSR count). The molecule has 0 aliphatic carbocycles. The molecule has 1 aromatic heterocycles. The Hall–Kier alpha value is -2.93. The zero-order valence-corrected chi connectivity index (χ0v) is 14.3. The van der Waals surface area contributed by atoms with Crippen molar-refractivity contribution in [2.24, 2.45) is 11.7 Å². The van der Waals surface area contributed by atoms with Crippen molar-refractivity contribution < 1.29 is 19.1 Å². The smallest absolute Gasteiger partial charge is 0.255 e. The largest absolute Gasteiger partial charge is 0.484 e. The van der Waals surface area contributed by atoms with E-state index in [1.54, 1.807) is 36.7 Å². The van der Waals surface area contributed by atoms with Crippen LogP contribution in [0.2, 0.25) is 0 Å². The Morgan fingerprint density at radius 1 is 1.23 bits per heavy atom. The van der Waals surface area contributed by atoms with Gasteiger partial charge in [-0.2, -0.15) is 0 Å². The fourth-order valence-corrected chi connectivity index (χ4v) is 2.91. The lowest BCUT2D eigenvalue weighted by atomic mass is 9.95. The summed E-state index contributed by atoms with van der Waals surface area (Å²) in [6.07, 6.45) is 4.34. The SMILES string of the molecule is NC(=O)COc1cccc(C(=O)N[C@H]2COC[C@H]2Cc2ccncc2)c1. The van der Waals surface area contributed by atoms with Crippen LogP contribution in [0.25, 0.3) is 0 Å². The first-order valence-electron chi connectivity index (χ1n) is 8.40. The second-order valence-electron chi connectivity index (χ2n) is 6.22. The van der Waals surface area contributed by atoms with Gasteiger partial charge in [-0.05, 0) is 42.3 Å². The van der Waals surface area contributed by atoms with E-state index in [0.29, 0.717) is 24.5 Å². The number of rotatable bonds is 7. The van der Waals surface area contributed by atoms with E-state index in [1.165, 1.54) is 0 Å². The lowest BCUT2D eigenvalue weighted by molar-refractivity contribution is -0.119. The highest BCUT2D eigenvalue weighted by Crippen LogP contribution is 2.20. The Morgan fingerprint density at radius 3 is 2.81 bits per heavy atom. The van der Waals surface area contributed by atoms with Gasteiger partial charge < -0.3 is 20.5 Å². The summed E-state index contributed by atoms with van der Waals surface area (Å²) in [6.45, 7) is 0.865. The highest BCUT2D eigenvalue weighted by atomic mass is 16.5. The first-order chi connectivity index (χ1) is 12.6. The molecule has 2 heterocycles. The fraction of sp³-hybridized carbons (Fsp3) is 0.316. The number of benzene rings is 1. The van der Waals surface area contributed by atoms with Crippen LogP contribution in [0.15, 0.2) is 48.8 Å². The maximum absolute atomic E-state index is 12.6. The van der Waals surface area contributed by atoms with Gasteiger partial charge in [0, 0.05) is 23.9 Å². The Kier molecular flexibility index (Phi) is 5.80. The Balaban J connectivity index is 1.61. The summed E-state index contributed by atoms with van der Waals surface area (Å²) in [7, 11) is 0. The second kappa shape index (κ2) is 8.44. The van der Waals surface area contributed by atoms with Gasteiger partial charge in [-0.1, -0.05) is 6.07 Å². The van der Waals surface area contributed by atoms with E-state index < -0.39 is 5.91 Å². The minimum Gasteiger partial charge on any atom is -0.484 e. The molecule has 0 saturated carbocycles. The highest BCUT2D eigenvalue weighted by molar-refractivity contribution is 5.94. The zero-order chi connectivity index (χ0) is 18.4. The second-order valence-corrected chi connectivity index (χ2v) is 6.22. The summed E-state index contributed by atoms with van der Waals surface area (Å²) in [5, 5.41) is 3.03. The van der Waals surface area contributed by atoms with Crippen LogP contribution in [-0.2, 0) is 16.0 Å². The Bertz CT molecular complexity index is 766. The molecule has 2 aromatic rings. The van der Waals surface area contributed by atoms with Gasteiger partial charge in [0.25, 0.3) is 11.8 Å². The number of aromatic nitrogens is 1. The number of hydrogen-bond donors (Lipinski definition) is 2. The van der Waals surface area contributed by atoms with E-state index in [-0.39, 0.29) is 24.5 Å². The number of carbonyl (C=O) groups excluding carboxylic acids is 2. The minimum atomic E-state index is -0.568. The third kappa shape index (κ3) is 4.80. The molecule has 1 aliphatic rings. The summed E-state index contributed by atoms with van der Waals surface area (Å²) in [4.78, 5) is 27.4. The van der Waals surface area contributed by atoms with E-state index in [4.69, 9.17) is 15.2 Å². The number of amides is 2. The van der Waals surface area contributed by atoms with Crippen LogP contribution in [0, 0.1) is 5.92 Å². The van der Waals surface area contributed by atoms with Gasteiger partial charge in [0.2, 0.25) is 0 Å². The average molecular weight is 355 g/mol. The van der Waals surface area contributed by atoms with Crippen LogP contribution < -0.4 is 15.8 Å². The van der Waals surface area contributed by atoms with Gasteiger partial charge in [-0.3, -0.25) is 14.6 Å². The molecule has 1 saturated heterocycles. The van der Waals surface area contributed by atoms with Gasteiger partial charge in [-0.25, -0.2) is 0 Å². The van der Waals surface area contributed by atoms with Crippen LogP contribution in [0.1, 0.15) is 15.9 Å². The molecule has 0 radical (unpaired) electrons. The number of ether oxygens (including phenoxy) is 2. The molecule has 2 atom stereocenters. The summed E-state index contributed by atoms with van der Waals surface area (Å²) < 4.78 is 10.8. The lowest BCUT2D eigenvalue weighted by Crippen LogP contribution is -2.40. The molecule has 2 amide bonds. The summed E-state index contributed by atoms with van der Waals surface area (Å²) in [5.74, 6) is -0.144. The third-order valence-corrected chi connectivity index (χ3v) is 4.24. The van der Waals surface area contributed by atoms with Crippen molar-refractivity contribution in [3.05, 3.63) is 59.9 Å². The number of primary amides is 1. The van der Waals surface area contributed by atoms with Crippen LogP contribution >= 0.6 is 0 Å². The third-order valence-electron chi connectivity index (χ3n) is 4.24. The standard InChI is InChI=1S/C19H21N3O4/c20-18(23)12-26-16-3-1-2-14(9-16)19(24)22-17-11-25-10-15(17)8-13-4-6-21-7-5-13/h1-7,9,15,17H,8,10-12H2,(H2,20,23)(H,22,24)/t15-,17+/m1/s1. The van der Waals surface area contributed by atoms with E-state index in [9.17, 15) is 9.59 Å². The molecule has 0 bridgehead atoms. The molecule has 136 valence electrons. The van der Waals surface area contributed by atoms with Crippen molar-refractivity contribution in [2.75, 3.05) is 19.8 Å². The Labute approximate surface area is 151 Å². The van der Waals surface area contributed by atoms with Gasteiger partial charge in [0.1, 0.15) is 5.75 Å². The van der Waals surface area contributed by atoms with Crippen molar-refractivity contribution in [3.63, 3.8) is 0 Å². The maximum Gasteiger partial charge on any atom is 0.255 e. The highest BCUT2D eigenvalue weighted by Gasteiger charge is 2.30. The summed E-state index contributed by atoms with van der Waals surface area (Å²) >= 11 is 0. The summed E-state index contributed by atoms with van der Waals surface area (Å²) in [5.41, 5.74) is 6.69. The topological polar surface area (TPSA) is 104 Å². The normalized spacial score (nSPS) is 19.1. The minimum absolute atomic E-state index is 0.0640. The Morgan fingerprint density at radius 2 is 2.04 bits per heavy atom. The van der Waals surface area contributed by atoms with Crippen LogP contribution in [-0.4, -0.2) is 42.7 Å².